The number of aromatic nitrogens is 2. The highest BCUT2D eigenvalue weighted by atomic mass is 32.2. The van der Waals surface area contributed by atoms with Crippen LogP contribution in [0.5, 0.6) is 0 Å². The summed E-state index contributed by atoms with van der Waals surface area (Å²) in [4.78, 5) is 5.42. The molecule has 0 radical (unpaired) electrons. The van der Waals surface area contributed by atoms with Crippen molar-refractivity contribution in [2.75, 3.05) is 12.3 Å². The van der Waals surface area contributed by atoms with E-state index in [-0.39, 0.29) is 5.75 Å². The van der Waals surface area contributed by atoms with Crippen molar-refractivity contribution in [1.29, 1.82) is 0 Å². The van der Waals surface area contributed by atoms with E-state index in [2.05, 4.69) is 10.3 Å². The molecule has 0 unspecified atom stereocenters. The third-order valence-corrected chi connectivity index (χ3v) is 4.25. The summed E-state index contributed by atoms with van der Waals surface area (Å²) in [7, 11) is -3.35. The fourth-order valence-electron chi connectivity index (χ4n) is 1.76. The minimum Gasteiger partial charge on any atom is -0.311 e. The number of fused-ring (bicyclic) bond motifs is 1. The molecule has 0 aliphatic heterocycles. The Morgan fingerprint density at radius 1 is 1.56 bits per heavy atom. The van der Waals surface area contributed by atoms with Crippen molar-refractivity contribution in [1.82, 2.24) is 14.7 Å². The summed E-state index contributed by atoms with van der Waals surface area (Å²) in [6, 6.07) is 0. The highest BCUT2D eigenvalue weighted by molar-refractivity contribution is 7.89. The lowest BCUT2D eigenvalue weighted by molar-refractivity contribution is 0.589. The zero-order chi connectivity index (χ0) is 13.2. The van der Waals surface area contributed by atoms with E-state index in [4.69, 9.17) is 5.14 Å². The Labute approximate surface area is 110 Å². The van der Waals surface area contributed by atoms with Crippen molar-refractivity contribution < 1.29 is 8.42 Å². The predicted molar refractivity (Wildman–Crippen MR) is 72.1 cm³/mol. The number of aryl methyl sites for hydroxylation is 1. The van der Waals surface area contributed by atoms with Crippen molar-refractivity contribution in [3.63, 3.8) is 0 Å². The van der Waals surface area contributed by atoms with Crippen molar-refractivity contribution >= 4 is 26.3 Å². The van der Waals surface area contributed by atoms with Crippen LogP contribution in [0.15, 0.2) is 11.6 Å². The molecule has 0 saturated carbocycles. The maximum Gasteiger partial charge on any atom is 0.209 e. The normalized spacial score (nSPS) is 12.3. The number of imidazole rings is 1. The van der Waals surface area contributed by atoms with Gasteiger partial charge in [-0.2, -0.15) is 0 Å². The average molecular weight is 288 g/mol. The molecule has 100 valence electrons. The maximum absolute atomic E-state index is 10.8. The van der Waals surface area contributed by atoms with Crippen LogP contribution in [-0.4, -0.2) is 30.1 Å². The van der Waals surface area contributed by atoms with Crippen LogP contribution in [0.1, 0.15) is 17.8 Å². The van der Waals surface area contributed by atoms with Gasteiger partial charge in [0.05, 0.1) is 17.1 Å². The van der Waals surface area contributed by atoms with Crippen molar-refractivity contribution in [3.8, 4) is 0 Å². The van der Waals surface area contributed by atoms with Gasteiger partial charge in [0.1, 0.15) is 0 Å². The molecule has 0 fully saturated rings. The quantitative estimate of drug-likeness (QED) is 0.756. The zero-order valence-corrected chi connectivity index (χ0v) is 11.7. The number of nitrogens with one attached hydrogen (secondary N) is 1. The second kappa shape index (κ2) is 5.35. The van der Waals surface area contributed by atoms with E-state index in [1.165, 1.54) is 0 Å². The molecule has 0 bridgehead atoms. The second-order valence-corrected chi connectivity index (χ2v) is 6.70. The van der Waals surface area contributed by atoms with Gasteiger partial charge in [-0.3, -0.25) is 4.40 Å². The first kappa shape index (κ1) is 13.5. The Hall–Kier alpha value is -0.960. The molecule has 0 aliphatic carbocycles. The minimum absolute atomic E-state index is 0.0131. The van der Waals surface area contributed by atoms with E-state index < -0.39 is 10.0 Å². The predicted octanol–water partition coefficient (Wildman–Crippen LogP) is 0.472. The lowest BCUT2D eigenvalue weighted by atomic mass is 10.3. The monoisotopic (exact) mass is 288 g/mol. The van der Waals surface area contributed by atoms with Crippen LogP contribution >= 0.6 is 11.3 Å². The number of hydrogen-bond donors (Lipinski definition) is 2. The SMILES string of the molecule is Cc1nc2sccn2c1CNCCCS(N)(=O)=O. The topological polar surface area (TPSA) is 89.5 Å². The third-order valence-electron chi connectivity index (χ3n) is 2.64. The van der Waals surface area contributed by atoms with Gasteiger partial charge in [-0.1, -0.05) is 0 Å². The Balaban J connectivity index is 1.87. The number of hydrogen-bond acceptors (Lipinski definition) is 5. The molecule has 0 aliphatic rings. The molecule has 2 heterocycles. The first-order valence-electron chi connectivity index (χ1n) is 5.59. The third kappa shape index (κ3) is 3.29. The van der Waals surface area contributed by atoms with Crippen LogP contribution in [0.3, 0.4) is 0 Å². The summed E-state index contributed by atoms with van der Waals surface area (Å²) in [6.45, 7) is 3.27. The summed E-state index contributed by atoms with van der Waals surface area (Å²) >= 11 is 1.60. The Morgan fingerprint density at radius 3 is 3.06 bits per heavy atom. The van der Waals surface area contributed by atoms with Crippen LogP contribution in [0.4, 0.5) is 0 Å². The Morgan fingerprint density at radius 2 is 2.33 bits per heavy atom. The molecule has 6 nitrogen and oxygen atoms in total. The number of nitrogens with two attached hydrogens (primary N) is 1. The Bertz CT molecular complexity index is 629. The fourth-order valence-corrected chi connectivity index (χ4v) is 3.08. The van der Waals surface area contributed by atoms with E-state index in [0.29, 0.717) is 19.5 Å². The summed E-state index contributed by atoms with van der Waals surface area (Å²) in [6.07, 6.45) is 2.50. The van der Waals surface area contributed by atoms with E-state index in [0.717, 1.165) is 16.3 Å². The van der Waals surface area contributed by atoms with Gasteiger partial charge in [0, 0.05) is 18.1 Å². The molecule has 18 heavy (non-hydrogen) atoms. The van der Waals surface area contributed by atoms with Gasteiger partial charge in [0.2, 0.25) is 10.0 Å². The molecular formula is C10H16N4O2S2. The van der Waals surface area contributed by atoms with Crippen LogP contribution in [0.2, 0.25) is 0 Å². The van der Waals surface area contributed by atoms with Crippen LogP contribution < -0.4 is 10.5 Å². The van der Waals surface area contributed by atoms with E-state index in [1.54, 1.807) is 11.3 Å². The smallest absolute Gasteiger partial charge is 0.209 e. The standard InChI is InChI=1S/C10H16N4O2S2/c1-8-9(14-4-5-17-10(14)13-8)7-12-3-2-6-18(11,15)16/h4-5,12H,2-3,6-7H2,1H3,(H2,11,15,16). The molecule has 0 atom stereocenters. The first-order valence-corrected chi connectivity index (χ1v) is 8.19. The number of sulfonamides is 1. The number of thiazole rings is 1. The van der Waals surface area contributed by atoms with Crippen LogP contribution in [-0.2, 0) is 16.6 Å². The summed E-state index contributed by atoms with van der Waals surface area (Å²) < 4.78 is 23.6. The fraction of sp³-hybridized carbons (Fsp3) is 0.500. The van der Waals surface area contributed by atoms with Crippen molar-refractivity contribution in [2.24, 2.45) is 5.14 Å². The molecule has 0 spiro atoms. The summed E-state index contributed by atoms with van der Waals surface area (Å²) in [5, 5.41) is 10.1. The first-order chi connectivity index (χ1) is 8.47. The minimum atomic E-state index is -3.35. The lowest BCUT2D eigenvalue weighted by Crippen LogP contribution is -2.22. The molecule has 0 saturated heterocycles. The highest BCUT2D eigenvalue weighted by Gasteiger charge is 2.08. The Kier molecular flexibility index (Phi) is 4.00. The van der Waals surface area contributed by atoms with Crippen LogP contribution in [0, 0.1) is 6.92 Å². The second-order valence-electron chi connectivity index (χ2n) is 4.10. The van der Waals surface area contributed by atoms with Gasteiger partial charge in [0.25, 0.3) is 0 Å². The van der Waals surface area contributed by atoms with Crippen molar-refractivity contribution in [3.05, 3.63) is 23.0 Å². The molecule has 8 heteroatoms. The maximum atomic E-state index is 10.8. The summed E-state index contributed by atoms with van der Waals surface area (Å²) in [5.74, 6) is 0.0131. The van der Waals surface area contributed by atoms with Crippen LogP contribution in [0.25, 0.3) is 4.96 Å². The van der Waals surface area contributed by atoms with Gasteiger partial charge in [0.15, 0.2) is 4.96 Å². The number of primary sulfonamides is 1. The van der Waals surface area contributed by atoms with Gasteiger partial charge in [-0.05, 0) is 19.9 Å². The van der Waals surface area contributed by atoms with E-state index in [9.17, 15) is 8.42 Å². The highest BCUT2D eigenvalue weighted by Crippen LogP contribution is 2.16. The molecule has 2 aromatic rings. The molecule has 0 amide bonds. The van der Waals surface area contributed by atoms with E-state index >= 15 is 0 Å². The number of rotatable bonds is 6. The molecule has 2 aromatic heterocycles. The van der Waals surface area contributed by atoms with E-state index in [1.807, 2.05) is 22.9 Å². The molecular weight excluding hydrogens is 272 g/mol. The van der Waals surface area contributed by atoms with Gasteiger partial charge < -0.3 is 5.32 Å². The average Bonchev–Trinajstić information content (AvgIpc) is 2.78. The summed E-state index contributed by atoms with van der Waals surface area (Å²) in [5.41, 5.74) is 2.11. The van der Waals surface area contributed by atoms with Gasteiger partial charge in [-0.25, -0.2) is 18.5 Å². The number of nitrogens with zero attached hydrogens (tertiary/aromatic N) is 2. The molecule has 0 aromatic carbocycles. The molecule has 2 rings (SSSR count). The lowest BCUT2D eigenvalue weighted by Gasteiger charge is -2.04. The van der Waals surface area contributed by atoms with Crippen molar-refractivity contribution in [2.45, 2.75) is 19.9 Å². The molecule has 3 N–H and O–H groups in total. The largest absolute Gasteiger partial charge is 0.311 e. The van der Waals surface area contributed by atoms with Gasteiger partial charge >= 0.3 is 0 Å². The van der Waals surface area contributed by atoms with Gasteiger partial charge in [-0.15, -0.1) is 11.3 Å². The zero-order valence-electron chi connectivity index (χ0n) is 10.1.